The highest BCUT2D eigenvalue weighted by Gasteiger charge is 2.34. The molecule has 1 aliphatic heterocycles. The summed E-state index contributed by atoms with van der Waals surface area (Å²) in [6.45, 7) is 1.63. The molecule has 6 nitrogen and oxygen atoms in total. The molecule has 1 atom stereocenters. The van der Waals surface area contributed by atoms with E-state index in [1.807, 2.05) is 0 Å². The second-order valence-electron chi connectivity index (χ2n) is 4.78. The van der Waals surface area contributed by atoms with Crippen molar-refractivity contribution in [1.82, 2.24) is 20.1 Å². The molecule has 0 saturated carbocycles. The SMILES string of the molecule is CN(C)C(=O)C1CNCCN1C(=O)c1ncccc1Br. The lowest BCUT2D eigenvalue weighted by atomic mass is 10.1. The van der Waals surface area contributed by atoms with Crippen LogP contribution in [0.1, 0.15) is 10.5 Å². The highest BCUT2D eigenvalue weighted by molar-refractivity contribution is 9.10. The lowest BCUT2D eigenvalue weighted by molar-refractivity contribution is -0.134. The Labute approximate surface area is 126 Å². The number of hydrogen-bond donors (Lipinski definition) is 1. The normalized spacial score (nSPS) is 18.8. The number of nitrogens with zero attached hydrogens (tertiary/aromatic N) is 3. The van der Waals surface area contributed by atoms with Gasteiger partial charge >= 0.3 is 0 Å². The number of carbonyl (C=O) groups is 2. The summed E-state index contributed by atoms with van der Waals surface area (Å²) in [7, 11) is 3.38. The van der Waals surface area contributed by atoms with Gasteiger partial charge in [0.15, 0.2) is 0 Å². The van der Waals surface area contributed by atoms with Gasteiger partial charge in [-0.1, -0.05) is 0 Å². The molecule has 2 heterocycles. The third kappa shape index (κ3) is 2.99. The molecule has 1 aromatic heterocycles. The minimum Gasteiger partial charge on any atom is -0.347 e. The fraction of sp³-hybridized carbons (Fsp3) is 0.462. The number of pyridine rings is 1. The maximum Gasteiger partial charge on any atom is 0.274 e. The van der Waals surface area contributed by atoms with Crippen molar-refractivity contribution in [2.45, 2.75) is 6.04 Å². The summed E-state index contributed by atoms with van der Waals surface area (Å²) in [6.07, 6.45) is 1.57. The van der Waals surface area contributed by atoms with E-state index in [-0.39, 0.29) is 11.8 Å². The van der Waals surface area contributed by atoms with E-state index in [9.17, 15) is 9.59 Å². The summed E-state index contributed by atoms with van der Waals surface area (Å²) in [4.78, 5) is 32.0. The average molecular weight is 341 g/mol. The van der Waals surface area contributed by atoms with Crippen molar-refractivity contribution in [2.75, 3.05) is 33.7 Å². The van der Waals surface area contributed by atoms with Gasteiger partial charge in [0.25, 0.3) is 5.91 Å². The Balaban J connectivity index is 2.26. The number of carbonyl (C=O) groups excluding carboxylic acids is 2. The van der Waals surface area contributed by atoms with E-state index in [0.29, 0.717) is 29.8 Å². The topological polar surface area (TPSA) is 65.5 Å². The van der Waals surface area contributed by atoms with Crippen LogP contribution in [0.3, 0.4) is 0 Å². The first-order chi connectivity index (χ1) is 9.52. The van der Waals surface area contributed by atoms with Crippen LogP contribution in [-0.2, 0) is 4.79 Å². The number of hydrogen-bond acceptors (Lipinski definition) is 4. The van der Waals surface area contributed by atoms with Crippen LogP contribution in [0.15, 0.2) is 22.8 Å². The van der Waals surface area contributed by atoms with Gasteiger partial charge in [-0.05, 0) is 28.1 Å². The quantitative estimate of drug-likeness (QED) is 0.843. The highest BCUT2D eigenvalue weighted by Crippen LogP contribution is 2.18. The minimum absolute atomic E-state index is 0.0856. The van der Waals surface area contributed by atoms with Crippen LogP contribution in [0, 0.1) is 0 Å². The molecule has 2 rings (SSSR count). The fourth-order valence-corrected chi connectivity index (χ4v) is 2.57. The Morgan fingerprint density at radius 3 is 2.90 bits per heavy atom. The van der Waals surface area contributed by atoms with Gasteiger partial charge in [-0.25, -0.2) is 4.98 Å². The molecule has 1 N–H and O–H groups in total. The van der Waals surface area contributed by atoms with E-state index in [0.717, 1.165) is 0 Å². The molecular weight excluding hydrogens is 324 g/mol. The minimum atomic E-state index is -0.486. The van der Waals surface area contributed by atoms with Gasteiger partial charge in [0.1, 0.15) is 11.7 Å². The van der Waals surface area contributed by atoms with Gasteiger partial charge in [-0.2, -0.15) is 0 Å². The van der Waals surface area contributed by atoms with E-state index in [1.165, 1.54) is 4.90 Å². The third-order valence-corrected chi connectivity index (χ3v) is 3.83. The predicted molar refractivity (Wildman–Crippen MR) is 78.3 cm³/mol. The van der Waals surface area contributed by atoms with Gasteiger partial charge < -0.3 is 15.1 Å². The lowest BCUT2D eigenvalue weighted by Crippen LogP contribution is -2.59. The van der Waals surface area contributed by atoms with Crippen LogP contribution in [0.5, 0.6) is 0 Å². The van der Waals surface area contributed by atoms with Crippen molar-refractivity contribution in [1.29, 1.82) is 0 Å². The fourth-order valence-electron chi connectivity index (χ4n) is 2.15. The molecule has 1 aliphatic rings. The Bertz CT molecular complexity index is 521. The zero-order valence-electron chi connectivity index (χ0n) is 11.5. The van der Waals surface area contributed by atoms with Gasteiger partial charge in [-0.3, -0.25) is 9.59 Å². The Morgan fingerprint density at radius 2 is 2.25 bits per heavy atom. The second-order valence-corrected chi connectivity index (χ2v) is 5.64. The maximum absolute atomic E-state index is 12.6. The van der Waals surface area contributed by atoms with E-state index in [2.05, 4.69) is 26.2 Å². The molecule has 0 aliphatic carbocycles. The third-order valence-electron chi connectivity index (χ3n) is 3.19. The van der Waals surface area contributed by atoms with Gasteiger partial charge in [0.2, 0.25) is 5.91 Å². The number of aromatic nitrogens is 1. The van der Waals surface area contributed by atoms with E-state index >= 15 is 0 Å². The van der Waals surface area contributed by atoms with Crippen molar-refractivity contribution in [3.05, 3.63) is 28.5 Å². The van der Waals surface area contributed by atoms with Crippen molar-refractivity contribution >= 4 is 27.7 Å². The van der Waals surface area contributed by atoms with E-state index in [4.69, 9.17) is 0 Å². The van der Waals surface area contributed by atoms with Crippen LogP contribution < -0.4 is 5.32 Å². The molecule has 0 radical (unpaired) electrons. The van der Waals surface area contributed by atoms with Crippen molar-refractivity contribution in [2.24, 2.45) is 0 Å². The highest BCUT2D eigenvalue weighted by atomic mass is 79.9. The van der Waals surface area contributed by atoms with Crippen molar-refractivity contribution < 1.29 is 9.59 Å². The molecule has 0 spiro atoms. The largest absolute Gasteiger partial charge is 0.347 e. The zero-order valence-corrected chi connectivity index (χ0v) is 13.1. The molecule has 1 saturated heterocycles. The number of piperazine rings is 1. The number of amides is 2. The van der Waals surface area contributed by atoms with Crippen LogP contribution in [0.2, 0.25) is 0 Å². The van der Waals surface area contributed by atoms with Gasteiger partial charge in [0, 0.05) is 44.4 Å². The van der Waals surface area contributed by atoms with Gasteiger partial charge in [-0.15, -0.1) is 0 Å². The van der Waals surface area contributed by atoms with Crippen LogP contribution >= 0.6 is 15.9 Å². The Morgan fingerprint density at radius 1 is 1.50 bits per heavy atom. The van der Waals surface area contributed by atoms with Gasteiger partial charge in [0.05, 0.1) is 0 Å². The molecule has 1 fully saturated rings. The molecule has 1 unspecified atom stereocenters. The van der Waals surface area contributed by atoms with Crippen molar-refractivity contribution in [3.63, 3.8) is 0 Å². The molecule has 0 aromatic carbocycles. The van der Waals surface area contributed by atoms with E-state index in [1.54, 1.807) is 37.3 Å². The first kappa shape index (κ1) is 14.9. The van der Waals surface area contributed by atoms with Crippen molar-refractivity contribution in [3.8, 4) is 0 Å². The lowest BCUT2D eigenvalue weighted by Gasteiger charge is -2.36. The first-order valence-corrected chi connectivity index (χ1v) is 7.15. The number of nitrogens with one attached hydrogen (secondary N) is 1. The number of rotatable bonds is 2. The van der Waals surface area contributed by atoms with Crippen LogP contribution in [-0.4, -0.2) is 66.4 Å². The molecule has 1 aromatic rings. The second kappa shape index (κ2) is 6.32. The average Bonchev–Trinajstić information content (AvgIpc) is 2.46. The summed E-state index contributed by atoms with van der Waals surface area (Å²) in [5.74, 6) is -0.309. The molecule has 20 heavy (non-hydrogen) atoms. The molecule has 108 valence electrons. The number of likely N-dealkylation sites (N-methyl/N-ethyl adjacent to an activating group) is 1. The maximum atomic E-state index is 12.6. The molecule has 0 bridgehead atoms. The predicted octanol–water partition coefficient (Wildman–Crippen LogP) is 0.346. The standard InChI is InChI=1S/C13H17BrN4O2/c1-17(2)12(19)10-8-15-6-7-18(10)13(20)11-9(14)4-3-5-16-11/h3-5,10,15H,6-8H2,1-2H3. The summed E-state index contributed by atoms with van der Waals surface area (Å²) < 4.78 is 0.639. The Hall–Kier alpha value is -1.47. The zero-order chi connectivity index (χ0) is 14.7. The molecular formula is C13H17BrN4O2. The monoisotopic (exact) mass is 340 g/mol. The summed E-state index contributed by atoms with van der Waals surface area (Å²) >= 11 is 3.33. The number of halogens is 1. The molecule has 7 heteroatoms. The molecule has 2 amide bonds. The van der Waals surface area contributed by atoms with Crippen LogP contribution in [0.25, 0.3) is 0 Å². The Kier molecular flexibility index (Phi) is 4.72. The summed E-state index contributed by atoms with van der Waals surface area (Å²) in [6, 6.07) is 3.03. The summed E-state index contributed by atoms with van der Waals surface area (Å²) in [5.41, 5.74) is 0.339. The van der Waals surface area contributed by atoms with E-state index < -0.39 is 6.04 Å². The smallest absolute Gasteiger partial charge is 0.274 e. The van der Waals surface area contributed by atoms with Crippen LogP contribution in [0.4, 0.5) is 0 Å². The summed E-state index contributed by atoms with van der Waals surface area (Å²) in [5, 5.41) is 3.15. The first-order valence-electron chi connectivity index (χ1n) is 6.35.